The maximum Gasteiger partial charge on any atom is 0.416 e. The SMILES string of the molecule is CC.FC(F)(F)c1cccc(CCCNCc2cccc3ccccc23)c1. The van der Waals surface area contributed by atoms with Crippen molar-refractivity contribution in [2.24, 2.45) is 0 Å². The fourth-order valence-electron chi connectivity index (χ4n) is 2.99. The Labute approximate surface area is 159 Å². The summed E-state index contributed by atoms with van der Waals surface area (Å²) >= 11 is 0. The summed E-state index contributed by atoms with van der Waals surface area (Å²) in [7, 11) is 0. The fourth-order valence-corrected chi connectivity index (χ4v) is 2.99. The zero-order valence-corrected chi connectivity index (χ0v) is 15.8. The molecule has 0 amide bonds. The van der Waals surface area contributed by atoms with E-state index < -0.39 is 11.7 Å². The molecule has 0 spiro atoms. The Balaban J connectivity index is 0.00000126. The lowest BCUT2D eigenvalue weighted by atomic mass is 10.0. The van der Waals surface area contributed by atoms with Gasteiger partial charge in [-0.1, -0.05) is 74.5 Å². The molecule has 27 heavy (non-hydrogen) atoms. The Morgan fingerprint density at radius 1 is 0.852 bits per heavy atom. The Kier molecular flexibility index (Phi) is 7.86. The van der Waals surface area contributed by atoms with Crippen LogP contribution in [0.5, 0.6) is 0 Å². The third-order valence-electron chi connectivity index (χ3n) is 4.27. The van der Waals surface area contributed by atoms with Gasteiger partial charge in [0.2, 0.25) is 0 Å². The van der Waals surface area contributed by atoms with Crippen LogP contribution in [0.3, 0.4) is 0 Å². The molecule has 0 aliphatic carbocycles. The molecule has 0 heterocycles. The molecule has 3 rings (SSSR count). The lowest BCUT2D eigenvalue weighted by molar-refractivity contribution is -0.137. The van der Waals surface area contributed by atoms with E-state index in [-0.39, 0.29) is 0 Å². The average molecular weight is 373 g/mol. The van der Waals surface area contributed by atoms with Crippen LogP contribution in [0, 0.1) is 0 Å². The lowest BCUT2D eigenvalue weighted by Gasteiger charge is -2.10. The quantitative estimate of drug-likeness (QED) is 0.480. The van der Waals surface area contributed by atoms with Crippen LogP contribution in [0.15, 0.2) is 66.7 Å². The second kappa shape index (κ2) is 10.1. The number of benzene rings is 3. The molecular formula is C23H26F3N. The number of hydrogen-bond donors (Lipinski definition) is 1. The number of aryl methyl sites for hydroxylation is 1. The molecule has 0 unspecified atom stereocenters. The normalized spacial score (nSPS) is 11.1. The predicted octanol–water partition coefficient (Wildman–Crippen LogP) is 6.61. The second-order valence-corrected chi connectivity index (χ2v) is 6.12. The number of alkyl halides is 3. The van der Waals surface area contributed by atoms with E-state index in [1.807, 2.05) is 32.0 Å². The van der Waals surface area contributed by atoms with Gasteiger partial charge in [-0.3, -0.25) is 0 Å². The largest absolute Gasteiger partial charge is 0.416 e. The van der Waals surface area contributed by atoms with Gasteiger partial charge >= 0.3 is 6.18 Å². The Morgan fingerprint density at radius 2 is 1.56 bits per heavy atom. The minimum absolute atomic E-state index is 0.575. The van der Waals surface area contributed by atoms with Crippen molar-refractivity contribution in [2.45, 2.75) is 39.4 Å². The van der Waals surface area contributed by atoms with Crippen LogP contribution < -0.4 is 5.32 Å². The van der Waals surface area contributed by atoms with Gasteiger partial charge in [-0.2, -0.15) is 13.2 Å². The van der Waals surface area contributed by atoms with Crippen LogP contribution in [-0.2, 0) is 19.1 Å². The number of fused-ring (bicyclic) bond motifs is 1. The van der Waals surface area contributed by atoms with Gasteiger partial charge in [0.15, 0.2) is 0 Å². The Hall–Kier alpha value is -2.33. The summed E-state index contributed by atoms with van der Waals surface area (Å²) in [5.41, 5.74) is 1.38. The van der Waals surface area contributed by atoms with Gasteiger partial charge in [0.1, 0.15) is 0 Å². The van der Waals surface area contributed by atoms with E-state index in [1.54, 1.807) is 6.07 Å². The minimum Gasteiger partial charge on any atom is -0.313 e. The average Bonchev–Trinajstić information content (AvgIpc) is 2.69. The molecule has 1 N–H and O–H groups in total. The lowest BCUT2D eigenvalue weighted by Crippen LogP contribution is -2.15. The monoisotopic (exact) mass is 373 g/mol. The van der Waals surface area contributed by atoms with Gasteiger partial charge in [-0.25, -0.2) is 0 Å². The molecule has 0 saturated heterocycles. The van der Waals surface area contributed by atoms with Crippen LogP contribution in [0.4, 0.5) is 13.2 Å². The molecule has 0 saturated carbocycles. The highest BCUT2D eigenvalue weighted by atomic mass is 19.4. The third kappa shape index (κ3) is 6.10. The highest BCUT2D eigenvalue weighted by Crippen LogP contribution is 2.29. The molecule has 3 aromatic carbocycles. The van der Waals surface area contributed by atoms with Crippen molar-refractivity contribution in [1.82, 2.24) is 5.32 Å². The summed E-state index contributed by atoms with van der Waals surface area (Å²) in [5, 5.41) is 5.83. The number of nitrogens with one attached hydrogen (secondary N) is 1. The molecule has 0 aliphatic heterocycles. The summed E-state index contributed by atoms with van der Waals surface area (Å²) in [6.45, 7) is 5.52. The third-order valence-corrected chi connectivity index (χ3v) is 4.27. The zero-order valence-electron chi connectivity index (χ0n) is 15.8. The van der Waals surface area contributed by atoms with Crippen molar-refractivity contribution in [3.63, 3.8) is 0 Å². The summed E-state index contributed by atoms with van der Waals surface area (Å²) in [6.07, 6.45) is -2.85. The van der Waals surface area contributed by atoms with E-state index in [9.17, 15) is 13.2 Å². The summed E-state index contributed by atoms with van der Waals surface area (Å²) in [4.78, 5) is 0. The van der Waals surface area contributed by atoms with Crippen molar-refractivity contribution in [3.8, 4) is 0 Å². The fraction of sp³-hybridized carbons (Fsp3) is 0.304. The van der Waals surface area contributed by atoms with E-state index in [0.717, 1.165) is 31.1 Å². The van der Waals surface area contributed by atoms with Gasteiger partial charge in [-0.05, 0) is 47.4 Å². The number of hydrogen-bond acceptors (Lipinski definition) is 1. The highest BCUT2D eigenvalue weighted by molar-refractivity contribution is 5.85. The zero-order chi connectivity index (χ0) is 19.7. The van der Waals surface area contributed by atoms with Crippen molar-refractivity contribution in [3.05, 3.63) is 83.4 Å². The van der Waals surface area contributed by atoms with Gasteiger partial charge < -0.3 is 5.32 Å². The van der Waals surface area contributed by atoms with Crippen LogP contribution in [0.2, 0.25) is 0 Å². The molecular weight excluding hydrogens is 347 g/mol. The molecule has 0 bridgehead atoms. The summed E-state index contributed by atoms with van der Waals surface area (Å²) in [6, 6.07) is 20.1. The van der Waals surface area contributed by atoms with E-state index in [0.29, 0.717) is 6.42 Å². The first-order chi connectivity index (χ1) is 13.0. The van der Waals surface area contributed by atoms with Crippen molar-refractivity contribution >= 4 is 10.8 Å². The Bertz CT molecular complexity index is 835. The van der Waals surface area contributed by atoms with E-state index in [1.165, 1.54) is 28.5 Å². The maximum absolute atomic E-state index is 12.7. The topological polar surface area (TPSA) is 12.0 Å². The van der Waals surface area contributed by atoms with Crippen molar-refractivity contribution in [2.75, 3.05) is 6.54 Å². The van der Waals surface area contributed by atoms with Crippen LogP contribution in [0.1, 0.15) is 37.0 Å². The maximum atomic E-state index is 12.7. The predicted molar refractivity (Wildman–Crippen MR) is 107 cm³/mol. The molecule has 0 aromatic heterocycles. The molecule has 144 valence electrons. The summed E-state index contributed by atoms with van der Waals surface area (Å²) in [5.74, 6) is 0. The standard InChI is InChI=1S/C21H20F3N.C2H6/c22-21(23,24)19-11-3-6-16(14-19)7-5-13-25-15-18-10-4-9-17-8-1-2-12-20(17)18;1-2/h1-4,6,8-12,14,25H,5,7,13,15H2;1-2H3. The van der Waals surface area contributed by atoms with Gasteiger partial charge in [0, 0.05) is 6.54 Å². The van der Waals surface area contributed by atoms with Crippen LogP contribution in [0.25, 0.3) is 10.8 Å². The van der Waals surface area contributed by atoms with E-state index >= 15 is 0 Å². The van der Waals surface area contributed by atoms with E-state index in [2.05, 4.69) is 29.6 Å². The molecule has 0 atom stereocenters. The number of halogens is 3. The first-order valence-corrected chi connectivity index (χ1v) is 9.37. The first-order valence-electron chi connectivity index (χ1n) is 9.37. The smallest absolute Gasteiger partial charge is 0.313 e. The van der Waals surface area contributed by atoms with Crippen LogP contribution in [-0.4, -0.2) is 6.54 Å². The first kappa shape index (κ1) is 21.0. The molecule has 4 heteroatoms. The number of rotatable bonds is 6. The minimum atomic E-state index is -4.28. The molecule has 0 radical (unpaired) electrons. The van der Waals surface area contributed by atoms with Crippen LogP contribution >= 0.6 is 0 Å². The van der Waals surface area contributed by atoms with Crippen molar-refractivity contribution in [1.29, 1.82) is 0 Å². The van der Waals surface area contributed by atoms with Gasteiger partial charge in [-0.15, -0.1) is 0 Å². The highest BCUT2D eigenvalue weighted by Gasteiger charge is 2.30. The molecule has 0 aliphatic rings. The van der Waals surface area contributed by atoms with Gasteiger partial charge in [0.25, 0.3) is 0 Å². The van der Waals surface area contributed by atoms with Crippen molar-refractivity contribution < 1.29 is 13.2 Å². The second-order valence-electron chi connectivity index (χ2n) is 6.12. The molecule has 3 aromatic rings. The summed E-state index contributed by atoms with van der Waals surface area (Å²) < 4.78 is 38.1. The molecule has 0 fully saturated rings. The van der Waals surface area contributed by atoms with Gasteiger partial charge in [0.05, 0.1) is 5.56 Å². The Morgan fingerprint density at radius 3 is 2.33 bits per heavy atom. The van der Waals surface area contributed by atoms with E-state index in [4.69, 9.17) is 0 Å². The molecule has 1 nitrogen and oxygen atoms in total.